The van der Waals surface area contributed by atoms with Gasteiger partial charge in [0.25, 0.3) is 0 Å². The second-order valence-electron chi connectivity index (χ2n) is 5.19. The highest BCUT2D eigenvalue weighted by Crippen LogP contribution is 2.19. The zero-order valence-electron chi connectivity index (χ0n) is 12.6. The number of halogens is 1. The van der Waals surface area contributed by atoms with Gasteiger partial charge in [-0.25, -0.2) is 0 Å². The number of hydrogen-bond acceptors (Lipinski definition) is 2. The van der Waals surface area contributed by atoms with Gasteiger partial charge in [-0.1, -0.05) is 48.9 Å². The van der Waals surface area contributed by atoms with E-state index in [1.807, 2.05) is 36.4 Å². The molecule has 1 unspecified atom stereocenters. The van der Waals surface area contributed by atoms with Crippen LogP contribution in [0, 0.1) is 0 Å². The van der Waals surface area contributed by atoms with Crippen molar-refractivity contribution < 1.29 is 4.74 Å². The highest BCUT2D eigenvalue weighted by atomic mass is 35.5. The van der Waals surface area contributed by atoms with Crippen molar-refractivity contribution in [2.45, 2.75) is 32.9 Å². The summed E-state index contributed by atoms with van der Waals surface area (Å²) in [6.45, 7) is 5.82. The van der Waals surface area contributed by atoms with E-state index in [0.29, 0.717) is 12.6 Å². The van der Waals surface area contributed by atoms with Gasteiger partial charge in [-0.2, -0.15) is 0 Å². The molecular formula is C18H22ClNO. The van der Waals surface area contributed by atoms with Gasteiger partial charge in [0.05, 0.1) is 0 Å². The molecule has 0 aliphatic heterocycles. The van der Waals surface area contributed by atoms with E-state index in [1.165, 1.54) is 5.56 Å². The lowest BCUT2D eigenvalue weighted by Gasteiger charge is -2.13. The average Bonchev–Trinajstić information content (AvgIpc) is 2.48. The van der Waals surface area contributed by atoms with Gasteiger partial charge in [-0.05, 0) is 43.7 Å². The fraction of sp³-hybridized carbons (Fsp3) is 0.333. The molecule has 0 spiro atoms. The summed E-state index contributed by atoms with van der Waals surface area (Å²) in [5, 5.41) is 4.16. The van der Waals surface area contributed by atoms with Gasteiger partial charge >= 0.3 is 0 Å². The molecule has 0 saturated heterocycles. The molecule has 2 rings (SSSR count). The Morgan fingerprint density at radius 1 is 1.10 bits per heavy atom. The third-order valence-corrected chi connectivity index (χ3v) is 3.74. The summed E-state index contributed by atoms with van der Waals surface area (Å²) in [4.78, 5) is 0. The zero-order chi connectivity index (χ0) is 15.1. The number of likely N-dealkylation sites (N-methyl/N-ethyl adjacent to an activating group) is 1. The number of nitrogens with one attached hydrogen (secondary N) is 1. The Balaban J connectivity index is 1.89. The van der Waals surface area contributed by atoms with Crippen LogP contribution < -0.4 is 10.1 Å². The molecule has 0 aliphatic carbocycles. The molecule has 0 aromatic heterocycles. The SMILES string of the molecule is CCNC(C)Cc1ccc(OCc2ccccc2Cl)cc1. The molecule has 2 nitrogen and oxygen atoms in total. The summed E-state index contributed by atoms with van der Waals surface area (Å²) in [5.74, 6) is 0.870. The molecule has 0 bridgehead atoms. The first-order valence-corrected chi connectivity index (χ1v) is 7.75. The van der Waals surface area contributed by atoms with E-state index in [1.54, 1.807) is 0 Å². The highest BCUT2D eigenvalue weighted by Gasteiger charge is 2.03. The van der Waals surface area contributed by atoms with E-state index < -0.39 is 0 Å². The maximum atomic E-state index is 6.12. The van der Waals surface area contributed by atoms with Gasteiger partial charge in [-0.3, -0.25) is 0 Å². The molecule has 0 fully saturated rings. The van der Waals surface area contributed by atoms with Crippen LogP contribution in [-0.2, 0) is 13.0 Å². The van der Waals surface area contributed by atoms with Crippen molar-refractivity contribution in [3.8, 4) is 5.75 Å². The van der Waals surface area contributed by atoms with Crippen molar-refractivity contribution in [3.05, 3.63) is 64.7 Å². The minimum absolute atomic E-state index is 0.491. The molecule has 0 aliphatic rings. The molecule has 3 heteroatoms. The summed E-state index contributed by atoms with van der Waals surface area (Å²) in [6.07, 6.45) is 1.03. The van der Waals surface area contributed by atoms with Crippen LogP contribution in [0.5, 0.6) is 5.75 Å². The Kier molecular flexibility index (Phi) is 6.09. The summed E-state index contributed by atoms with van der Waals surface area (Å²) in [6, 6.07) is 16.5. The molecular weight excluding hydrogens is 282 g/mol. The van der Waals surface area contributed by atoms with Crippen molar-refractivity contribution in [2.24, 2.45) is 0 Å². The van der Waals surface area contributed by atoms with Crippen LogP contribution in [0.2, 0.25) is 5.02 Å². The molecule has 2 aromatic rings. The molecule has 1 atom stereocenters. The first-order valence-electron chi connectivity index (χ1n) is 7.37. The average molecular weight is 304 g/mol. The van der Waals surface area contributed by atoms with E-state index in [9.17, 15) is 0 Å². The van der Waals surface area contributed by atoms with Gasteiger partial charge in [0.1, 0.15) is 12.4 Å². The summed E-state index contributed by atoms with van der Waals surface area (Å²) in [5.41, 5.74) is 2.32. The quantitative estimate of drug-likeness (QED) is 0.815. The zero-order valence-corrected chi connectivity index (χ0v) is 13.4. The van der Waals surface area contributed by atoms with Crippen molar-refractivity contribution in [3.63, 3.8) is 0 Å². The van der Waals surface area contributed by atoms with E-state index in [4.69, 9.17) is 16.3 Å². The van der Waals surface area contributed by atoms with Crippen LogP contribution in [0.4, 0.5) is 0 Å². The van der Waals surface area contributed by atoms with Crippen LogP contribution >= 0.6 is 11.6 Å². The molecule has 0 radical (unpaired) electrons. The van der Waals surface area contributed by atoms with Crippen molar-refractivity contribution >= 4 is 11.6 Å². The van der Waals surface area contributed by atoms with Crippen LogP contribution in [0.1, 0.15) is 25.0 Å². The maximum Gasteiger partial charge on any atom is 0.119 e. The van der Waals surface area contributed by atoms with Gasteiger partial charge in [0, 0.05) is 16.6 Å². The molecule has 0 heterocycles. The van der Waals surface area contributed by atoms with Gasteiger partial charge < -0.3 is 10.1 Å². The Morgan fingerprint density at radius 3 is 2.48 bits per heavy atom. The summed E-state index contributed by atoms with van der Waals surface area (Å²) >= 11 is 6.12. The second kappa shape index (κ2) is 8.06. The third-order valence-electron chi connectivity index (χ3n) is 3.37. The van der Waals surface area contributed by atoms with Crippen LogP contribution in [0.15, 0.2) is 48.5 Å². The topological polar surface area (TPSA) is 21.3 Å². The summed E-state index contributed by atoms with van der Waals surface area (Å²) in [7, 11) is 0. The number of rotatable bonds is 7. The maximum absolute atomic E-state index is 6.12. The van der Waals surface area contributed by atoms with Crippen molar-refractivity contribution in [1.29, 1.82) is 0 Å². The van der Waals surface area contributed by atoms with E-state index in [2.05, 4.69) is 31.3 Å². The lowest BCUT2D eigenvalue weighted by molar-refractivity contribution is 0.306. The number of ether oxygens (including phenoxy) is 1. The lowest BCUT2D eigenvalue weighted by atomic mass is 10.1. The van der Waals surface area contributed by atoms with Crippen LogP contribution in [0.25, 0.3) is 0 Å². The predicted molar refractivity (Wildman–Crippen MR) is 89.1 cm³/mol. The molecule has 0 amide bonds. The van der Waals surface area contributed by atoms with Gasteiger partial charge in [-0.15, -0.1) is 0 Å². The largest absolute Gasteiger partial charge is 0.489 e. The molecule has 21 heavy (non-hydrogen) atoms. The molecule has 1 N–H and O–H groups in total. The fourth-order valence-corrected chi connectivity index (χ4v) is 2.46. The minimum atomic E-state index is 0.491. The monoisotopic (exact) mass is 303 g/mol. The Morgan fingerprint density at radius 2 is 1.81 bits per heavy atom. The molecule has 112 valence electrons. The minimum Gasteiger partial charge on any atom is -0.489 e. The normalized spacial score (nSPS) is 12.1. The van der Waals surface area contributed by atoms with E-state index in [-0.39, 0.29) is 0 Å². The third kappa shape index (κ3) is 5.07. The van der Waals surface area contributed by atoms with Gasteiger partial charge in [0.2, 0.25) is 0 Å². The predicted octanol–water partition coefficient (Wildman–Crippen LogP) is 4.46. The molecule has 0 saturated carbocycles. The lowest BCUT2D eigenvalue weighted by Crippen LogP contribution is -2.27. The number of benzene rings is 2. The fourth-order valence-electron chi connectivity index (χ4n) is 2.27. The summed E-state index contributed by atoms with van der Waals surface area (Å²) < 4.78 is 5.78. The van der Waals surface area contributed by atoms with E-state index >= 15 is 0 Å². The first kappa shape index (κ1) is 15.9. The van der Waals surface area contributed by atoms with E-state index in [0.717, 1.165) is 29.3 Å². The standard InChI is InChI=1S/C18H22ClNO/c1-3-20-14(2)12-15-8-10-17(11-9-15)21-13-16-6-4-5-7-18(16)19/h4-11,14,20H,3,12-13H2,1-2H3. The van der Waals surface area contributed by atoms with Crippen molar-refractivity contribution in [2.75, 3.05) is 6.54 Å². The van der Waals surface area contributed by atoms with Crippen LogP contribution in [0.3, 0.4) is 0 Å². The highest BCUT2D eigenvalue weighted by molar-refractivity contribution is 6.31. The van der Waals surface area contributed by atoms with Crippen LogP contribution in [-0.4, -0.2) is 12.6 Å². The first-order chi connectivity index (χ1) is 10.2. The van der Waals surface area contributed by atoms with Gasteiger partial charge in [0.15, 0.2) is 0 Å². The molecule has 2 aromatic carbocycles. The Hall–Kier alpha value is -1.51. The Bertz CT molecular complexity index is 553. The van der Waals surface area contributed by atoms with Crippen molar-refractivity contribution in [1.82, 2.24) is 5.32 Å². The number of hydrogen-bond donors (Lipinski definition) is 1. The second-order valence-corrected chi connectivity index (χ2v) is 5.59. The smallest absolute Gasteiger partial charge is 0.119 e. The Labute approximate surface area is 132 Å².